The van der Waals surface area contributed by atoms with Gasteiger partial charge in [0, 0.05) is 38.3 Å². The Kier molecular flexibility index (Phi) is 6.89. The molecule has 4 unspecified atom stereocenters. The summed E-state index contributed by atoms with van der Waals surface area (Å²) in [6, 6.07) is 0.0261. The predicted octanol–water partition coefficient (Wildman–Crippen LogP) is 2.86. The minimum absolute atomic E-state index is 0.0103. The Bertz CT molecular complexity index is 849. The third-order valence-corrected chi connectivity index (χ3v) is 9.22. The first-order chi connectivity index (χ1) is 17.0. The second-order valence-corrected chi connectivity index (χ2v) is 13.2. The smallest absolute Gasteiger partial charge is 0.407 e. The van der Waals surface area contributed by atoms with Crippen molar-refractivity contribution in [2.45, 2.75) is 102 Å². The molecule has 6 atom stereocenters. The first kappa shape index (κ1) is 25.6. The van der Waals surface area contributed by atoms with Gasteiger partial charge in [-0.2, -0.15) is 0 Å². The number of hydrogen-bond donors (Lipinski definition) is 3. The van der Waals surface area contributed by atoms with Crippen molar-refractivity contribution < 1.29 is 24.2 Å². The number of nitrogens with zero attached hydrogens (tertiary/aromatic N) is 2. The third kappa shape index (κ3) is 5.31. The highest BCUT2D eigenvalue weighted by molar-refractivity contribution is 5.83. The van der Waals surface area contributed by atoms with Gasteiger partial charge in [0.15, 0.2) is 0 Å². The molecule has 3 N–H and O–H groups in total. The second kappa shape index (κ2) is 9.69. The van der Waals surface area contributed by atoms with Crippen molar-refractivity contribution in [1.82, 2.24) is 20.4 Å². The standard InChI is InChI=1S/C27H44N4O5/c1-26(2,3)36-24(34)29-20-6-9-30(10-7-20)25(35)31-8-4-5-21(16-31)28-23(33)27-13-17-11-18(14-27)22(32)19(12-17)15-27/h17-22,32H,4-16H2,1-3H3,(H,28,33)(H,29,34)/t17?,18-,19?,21+,22?,27?/m1/s1. The molecule has 9 nitrogen and oxygen atoms in total. The number of alkyl carbamates (subject to hydrolysis) is 1. The molecule has 6 aliphatic rings. The number of aliphatic hydroxyl groups is 1. The van der Waals surface area contributed by atoms with E-state index in [4.69, 9.17) is 4.74 Å². The Balaban J connectivity index is 1.10. The van der Waals surface area contributed by atoms with Crippen LogP contribution >= 0.6 is 0 Å². The largest absolute Gasteiger partial charge is 0.444 e. The van der Waals surface area contributed by atoms with Gasteiger partial charge in [-0.05, 0) is 96.3 Å². The highest BCUT2D eigenvalue weighted by atomic mass is 16.6. The zero-order valence-electron chi connectivity index (χ0n) is 22.1. The summed E-state index contributed by atoms with van der Waals surface area (Å²) < 4.78 is 5.35. The molecule has 36 heavy (non-hydrogen) atoms. The van der Waals surface area contributed by atoms with Crippen LogP contribution in [0.5, 0.6) is 0 Å². The van der Waals surface area contributed by atoms with Crippen LogP contribution in [-0.2, 0) is 9.53 Å². The van der Waals surface area contributed by atoms with Gasteiger partial charge in [-0.15, -0.1) is 0 Å². The van der Waals surface area contributed by atoms with E-state index in [1.165, 1.54) is 0 Å². The Hall–Kier alpha value is -2.03. The van der Waals surface area contributed by atoms with E-state index in [2.05, 4.69) is 10.6 Å². The molecule has 0 aromatic carbocycles. The molecular weight excluding hydrogens is 460 g/mol. The number of urea groups is 1. The summed E-state index contributed by atoms with van der Waals surface area (Å²) in [6.45, 7) is 7.99. The number of ether oxygens (including phenoxy) is 1. The van der Waals surface area contributed by atoms with Crippen LogP contribution in [0.1, 0.15) is 78.6 Å². The molecule has 2 heterocycles. The molecule has 9 heteroatoms. The van der Waals surface area contributed by atoms with E-state index in [9.17, 15) is 19.5 Å². The van der Waals surface area contributed by atoms with Gasteiger partial charge >= 0.3 is 12.1 Å². The van der Waals surface area contributed by atoms with Gasteiger partial charge < -0.3 is 30.3 Å². The van der Waals surface area contributed by atoms with Gasteiger partial charge in [0.05, 0.1) is 11.5 Å². The number of nitrogens with one attached hydrogen (secondary N) is 2. The van der Waals surface area contributed by atoms with E-state index in [1.54, 1.807) is 0 Å². The van der Waals surface area contributed by atoms with E-state index in [0.29, 0.717) is 44.9 Å². The fourth-order valence-electron chi connectivity index (χ4n) is 7.77. The molecule has 0 aromatic rings. The number of carbonyl (C=O) groups is 3. The molecule has 4 bridgehead atoms. The van der Waals surface area contributed by atoms with Crippen LogP contribution in [0.2, 0.25) is 0 Å². The topological polar surface area (TPSA) is 111 Å². The maximum atomic E-state index is 13.5. The highest BCUT2D eigenvalue weighted by Crippen LogP contribution is 2.60. The van der Waals surface area contributed by atoms with Crippen LogP contribution < -0.4 is 10.6 Å². The number of piperidine rings is 2. The van der Waals surface area contributed by atoms with Crippen LogP contribution in [0.15, 0.2) is 0 Å². The summed E-state index contributed by atoms with van der Waals surface area (Å²) in [7, 11) is 0. The molecule has 0 radical (unpaired) electrons. The second-order valence-electron chi connectivity index (χ2n) is 13.2. The van der Waals surface area contributed by atoms with E-state index >= 15 is 0 Å². The molecule has 4 amide bonds. The summed E-state index contributed by atoms with van der Waals surface area (Å²) in [5.74, 6) is 1.29. The number of amides is 4. The lowest BCUT2D eigenvalue weighted by Crippen LogP contribution is -2.61. The maximum Gasteiger partial charge on any atom is 0.407 e. The Labute approximate surface area is 214 Å². The summed E-state index contributed by atoms with van der Waals surface area (Å²) in [6.07, 6.45) is 7.28. The molecule has 6 fully saturated rings. The average Bonchev–Trinajstić information content (AvgIpc) is 2.81. The maximum absolute atomic E-state index is 13.5. The van der Waals surface area contributed by atoms with Crippen molar-refractivity contribution in [2.75, 3.05) is 26.2 Å². The molecule has 0 spiro atoms. The van der Waals surface area contributed by atoms with Crippen molar-refractivity contribution in [3.05, 3.63) is 0 Å². The van der Waals surface area contributed by atoms with E-state index < -0.39 is 11.7 Å². The van der Waals surface area contributed by atoms with Crippen molar-refractivity contribution in [2.24, 2.45) is 23.2 Å². The number of carbonyl (C=O) groups excluding carboxylic acids is 3. The Morgan fingerprint density at radius 3 is 2.19 bits per heavy atom. The summed E-state index contributed by atoms with van der Waals surface area (Å²) in [5, 5.41) is 16.8. The van der Waals surface area contributed by atoms with Gasteiger partial charge in [-0.25, -0.2) is 9.59 Å². The van der Waals surface area contributed by atoms with Gasteiger partial charge in [0.1, 0.15) is 5.60 Å². The lowest BCUT2D eigenvalue weighted by Gasteiger charge is -2.58. The van der Waals surface area contributed by atoms with Crippen LogP contribution in [0.4, 0.5) is 9.59 Å². The minimum atomic E-state index is -0.530. The zero-order chi connectivity index (χ0) is 25.7. The summed E-state index contributed by atoms with van der Waals surface area (Å²) in [5.41, 5.74) is -0.844. The highest BCUT2D eigenvalue weighted by Gasteiger charge is 2.58. The van der Waals surface area contributed by atoms with E-state index in [1.807, 2.05) is 30.6 Å². The molecule has 4 aliphatic carbocycles. The van der Waals surface area contributed by atoms with E-state index in [-0.39, 0.29) is 47.4 Å². The molecule has 2 saturated heterocycles. The molecule has 2 aliphatic heterocycles. The predicted molar refractivity (Wildman–Crippen MR) is 134 cm³/mol. The minimum Gasteiger partial charge on any atom is -0.444 e. The quantitative estimate of drug-likeness (QED) is 0.547. The molecule has 202 valence electrons. The fourth-order valence-corrected chi connectivity index (χ4v) is 7.77. The van der Waals surface area contributed by atoms with Gasteiger partial charge in [0.25, 0.3) is 0 Å². The van der Waals surface area contributed by atoms with Crippen molar-refractivity contribution in [1.29, 1.82) is 0 Å². The average molecular weight is 505 g/mol. The van der Waals surface area contributed by atoms with Gasteiger partial charge in [-0.3, -0.25) is 4.79 Å². The summed E-state index contributed by atoms with van der Waals surface area (Å²) in [4.78, 5) is 42.6. The molecule has 0 aromatic heterocycles. The number of hydrogen-bond acceptors (Lipinski definition) is 5. The number of aliphatic hydroxyl groups excluding tert-OH is 1. The molecule has 6 rings (SSSR count). The van der Waals surface area contributed by atoms with Crippen molar-refractivity contribution in [3.63, 3.8) is 0 Å². The van der Waals surface area contributed by atoms with E-state index in [0.717, 1.165) is 44.9 Å². The first-order valence-corrected chi connectivity index (χ1v) is 14.0. The van der Waals surface area contributed by atoms with Crippen LogP contribution in [0.3, 0.4) is 0 Å². The SMILES string of the molecule is CC(C)(C)OC(=O)NC1CCN(C(=O)N2CCC[C@H](NC(=O)C34CC5CC(C3)C(O)[C@H](C5)C4)C2)CC1. The van der Waals surface area contributed by atoms with Crippen LogP contribution in [0.25, 0.3) is 0 Å². The van der Waals surface area contributed by atoms with Crippen LogP contribution in [-0.4, -0.2) is 82.9 Å². The number of rotatable bonds is 3. The third-order valence-electron chi connectivity index (χ3n) is 9.22. The Morgan fingerprint density at radius 1 is 0.889 bits per heavy atom. The molecule has 4 saturated carbocycles. The van der Waals surface area contributed by atoms with Gasteiger partial charge in [-0.1, -0.05) is 0 Å². The van der Waals surface area contributed by atoms with Gasteiger partial charge in [0.2, 0.25) is 5.91 Å². The Morgan fingerprint density at radius 2 is 1.56 bits per heavy atom. The normalized spacial score (nSPS) is 36.5. The number of likely N-dealkylation sites (tertiary alicyclic amines) is 2. The zero-order valence-corrected chi connectivity index (χ0v) is 22.1. The lowest BCUT2D eigenvalue weighted by molar-refractivity contribution is -0.163. The van der Waals surface area contributed by atoms with Crippen molar-refractivity contribution in [3.8, 4) is 0 Å². The lowest BCUT2D eigenvalue weighted by atomic mass is 9.48. The monoisotopic (exact) mass is 504 g/mol. The van der Waals surface area contributed by atoms with Crippen molar-refractivity contribution >= 4 is 18.0 Å². The first-order valence-electron chi connectivity index (χ1n) is 14.0. The summed E-state index contributed by atoms with van der Waals surface area (Å²) >= 11 is 0. The molecular formula is C27H44N4O5. The fraction of sp³-hybridized carbons (Fsp3) is 0.889. The van der Waals surface area contributed by atoms with Crippen LogP contribution in [0, 0.1) is 23.2 Å².